The Morgan fingerprint density at radius 2 is 2.00 bits per heavy atom. The largest absolute Gasteiger partial charge is 0.378 e. The molecule has 3 aromatic rings. The van der Waals surface area contributed by atoms with E-state index in [0.29, 0.717) is 28.6 Å². The van der Waals surface area contributed by atoms with E-state index in [0.717, 1.165) is 24.0 Å². The van der Waals surface area contributed by atoms with Gasteiger partial charge in [-0.25, -0.2) is 9.67 Å². The zero-order chi connectivity index (χ0) is 25.4. The molecule has 1 saturated heterocycles. The van der Waals surface area contributed by atoms with Crippen molar-refractivity contribution in [3.63, 3.8) is 0 Å². The fourth-order valence-electron chi connectivity index (χ4n) is 5.04. The van der Waals surface area contributed by atoms with Gasteiger partial charge in [-0.1, -0.05) is 71.9 Å². The second-order valence-corrected chi connectivity index (χ2v) is 9.95. The van der Waals surface area contributed by atoms with Gasteiger partial charge in [-0.05, 0) is 37.8 Å². The minimum absolute atomic E-state index is 0.0101. The summed E-state index contributed by atoms with van der Waals surface area (Å²) in [5, 5.41) is 9.05. The summed E-state index contributed by atoms with van der Waals surface area (Å²) in [4.78, 5) is 19.8. The van der Waals surface area contributed by atoms with E-state index in [2.05, 4.69) is 16.9 Å². The smallest absolute Gasteiger partial charge is 0.232 e. The topological polar surface area (TPSA) is 98.6 Å². The Labute approximate surface area is 215 Å². The van der Waals surface area contributed by atoms with Crippen LogP contribution in [0.1, 0.15) is 44.2 Å². The summed E-state index contributed by atoms with van der Waals surface area (Å²) in [6.07, 6.45) is 3.51. The molecule has 5 rings (SSSR count). The van der Waals surface area contributed by atoms with Gasteiger partial charge in [0.25, 0.3) is 0 Å². The molecule has 186 valence electrons. The molecule has 1 fully saturated rings. The van der Waals surface area contributed by atoms with Crippen LogP contribution in [0.2, 0.25) is 5.02 Å². The second kappa shape index (κ2) is 9.52. The molecule has 0 unspecified atom stereocenters. The highest BCUT2D eigenvalue weighted by Gasteiger charge is 2.42. The summed E-state index contributed by atoms with van der Waals surface area (Å²) in [7, 11) is 0. The van der Waals surface area contributed by atoms with Crippen LogP contribution in [-0.2, 0) is 15.1 Å². The van der Waals surface area contributed by atoms with E-state index in [1.807, 2.05) is 62.4 Å². The Hall–Kier alpha value is -3.49. The molecule has 2 aromatic carbocycles. The number of hydrogen-bond acceptors (Lipinski definition) is 6. The van der Waals surface area contributed by atoms with Crippen LogP contribution in [0.25, 0.3) is 17.0 Å². The van der Waals surface area contributed by atoms with Gasteiger partial charge in [0, 0.05) is 18.2 Å². The van der Waals surface area contributed by atoms with E-state index in [1.54, 1.807) is 15.8 Å². The van der Waals surface area contributed by atoms with E-state index in [1.165, 1.54) is 0 Å². The molecule has 36 heavy (non-hydrogen) atoms. The van der Waals surface area contributed by atoms with Crippen molar-refractivity contribution in [3.8, 4) is 11.3 Å². The molecule has 2 aliphatic rings. The molecule has 9 heteroatoms. The third-order valence-corrected chi connectivity index (χ3v) is 7.33. The van der Waals surface area contributed by atoms with E-state index < -0.39 is 5.54 Å². The Bertz CT molecular complexity index is 1340. The first-order valence-corrected chi connectivity index (χ1v) is 12.4. The Morgan fingerprint density at radius 3 is 2.72 bits per heavy atom. The van der Waals surface area contributed by atoms with Crippen molar-refractivity contribution < 1.29 is 9.53 Å². The molecule has 0 saturated carbocycles. The van der Waals surface area contributed by atoms with Crippen molar-refractivity contribution in [1.29, 1.82) is 0 Å². The zero-order valence-corrected chi connectivity index (χ0v) is 21.2. The third-order valence-electron chi connectivity index (χ3n) is 6.93. The van der Waals surface area contributed by atoms with Crippen molar-refractivity contribution in [2.75, 3.05) is 6.61 Å². The zero-order valence-electron chi connectivity index (χ0n) is 20.4. The number of benzene rings is 2. The Balaban J connectivity index is 1.45. The van der Waals surface area contributed by atoms with Gasteiger partial charge in [-0.2, -0.15) is 0 Å². The van der Waals surface area contributed by atoms with Crippen LogP contribution in [0.5, 0.6) is 0 Å². The average Bonchev–Trinajstić information content (AvgIpc) is 3.34. The number of halogens is 1. The van der Waals surface area contributed by atoms with Crippen molar-refractivity contribution in [2.45, 2.75) is 50.8 Å². The number of carbonyl (C=O) groups is 1. The van der Waals surface area contributed by atoms with Crippen LogP contribution >= 0.6 is 11.6 Å². The molecule has 0 radical (unpaired) electrons. The lowest BCUT2D eigenvalue weighted by Gasteiger charge is -2.41. The number of amides is 1. The number of nitrogens with zero attached hydrogens (tertiary/aromatic N) is 5. The molecule has 1 aromatic heterocycles. The minimum Gasteiger partial charge on any atom is -0.378 e. The van der Waals surface area contributed by atoms with Crippen LogP contribution in [-0.4, -0.2) is 50.5 Å². The third kappa shape index (κ3) is 4.42. The number of rotatable bonds is 5. The maximum absolute atomic E-state index is 13.3. The lowest BCUT2D eigenvalue weighted by atomic mass is 9.85. The SMILES string of the molecule is C=C(c1ccccc1)n1cc(-c2cccc([C@]3(C)CC(=O)N([C@H]4CCO[C@@H](C)C4)C(N)=N3)c2Cl)nn1. The van der Waals surface area contributed by atoms with Crippen LogP contribution in [0, 0.1) is 0 Å². The van der Waals surface area contributed by atoms with Gasteiger partial charge in [0.15, 0.2) is 5.96 Å². The summed E-state index contributed by atoms with van der Waals surface area (Å²) in [5.41, 5.74) is 9.14. The fraction of sp³-hybridized carbons (Fsp3) is 0.333. The van der Waals surface area contributed by atoms with E-state index in [-0.39, 0.29) is 30.4 Å². The van der Waals surface area contributed by atoms with Crippen molar-refractivity contribution in [3.05, 3.63) is 77.5 Å². The number of nitrogens with two attached hydrogens (primary N) is 1. The summed E-state index contributed by atoms with van der Waals surface area (Å²) >= 11 is 6.92. The number of aliphatic imine (C=N–C) groups is 1. The van der Waals surface area contributed by atoms with Crippen LogP contribution in [0.15, 0.2) is 66.3 Å². The average molecular weight is 505 g/mol. The quantitative estimate of drug-likeness (QED) is 0.553. The number of ether oxygens (including phenoxy) is 1. The first-order valence-electron chi connectivity index (χ1n) is 12.0. The monoisotopic (exact) mass is 504 g/mol. The Kier molecular flexibility index (Phi) is 6.40. The minimum atomic E-state index is -0.898. The van der Waals surface area contributed by atoms with Gasteiger partial charge in [0.05, 0.1) is 35.0 Å². The molecule has 2 N–H and O–H groups in total. The molecule has 1 amide bonds. The van der Waals surface area contributed by atoms with Crippen molar-refractivity contribution >= 4 is 29.2 Å². The van der Waals surface area contributed by atoms with Gasteiger partial charge in [-0.15, -0.1) is 5.10 Å². The fourth-order valence-corrected chi connectivity index (χ4v) is 5.46. The maximum Gasteiger partial charge on any atom is 0.232 e. The number of hydrogen-bond donors (Lipinski definition) is 1. The summed E-state index contributed by atoms with van der Waals surface area (Å²) in [6.45, 7) is 8.64. The predicted octanol–water partition coefficient (Wildman–Crippen LogP) is 4.45. The van der Waals surface area contributed by atoms with Gasteiger partial charge in [0.2, 0.25) is 5.91 Å². The van der Waals surface area contributed by atoms with Crippen molar-refractivity contribution in [1.82, 2.24) is 19.9 Å². The van der Waals surface area contributed by atoms with Crippen LogP contribution in [0.3, 0.4) is 0 Å². The normalized spacial score (nSPS) is 24.5. The summed E-state index contributed by atoms with van der Waals surface area (Å²) in [6, 6.07) is 15.4. The molecular weight excluding hydrogens is 476 g/mol. The highest BCUT2D eigenvalue weighted by atomic mass is 35.5. The molecule has 2 aliphatic heterocycles. The summed E-state index contributed by atoms with van der Waals surface area (Å²) in [5.74, 6) is 0.162. The number of carbonyl (C=O) groups excluding carboxylic acids is 1. The highest BCUT2D eigenvalue weighted by Crippen LogP contribution is 2.41. The van der Waals surface area contributed by atoms with Crippen LogP contribution in [0.4, 0.5) is 0 Å². The Morgan fingerprint density at radius 1 is 1.22 bits per heavy atom. The lowest BCUT2D eigenvalue weighted by molar-refractivity contribution is -0.133. The highest BCUT2D eigenvalue weighted by molar-refractivity contribution is 6.34. The second-order valence-electron chi connectivity index (χ2n) is 9.57. The lowest BCUT2D eigenvalue weighted by Crippen LogP contribution is -2.56. The molecule has 0 spiro atoms. The van der Waals surface area contributed by atoms with Gasteiger partial charge >= 0.3 is 0 Å². The van der Waals surface area contributed by atoms with Crippen molar-refractivity contribution in [2.24, 2.45) is 10.7 Å². The molecule has 0 bridgehead atoms. The van der Waals surface area contributed by atoms with Crippen LogP contribution < -0.4 is 5.73 Å². The maximum atomic E-state index is 13.3. The molecule has 8 nitrogen and oxygen atoms in total. The van der Waals surface area contributed by atoms with E-state index >= 15 is 0 Å². The predicted molar refractivity (Wildman–Crippen MR) is 140 cm³/mol. The van der Waals surface area contributed by atoms with E-state index in [9.17, 15) is 4.79 Å². The standard InChI is InChI=1S/C27H29ClN6O2/c1-17-14-20(12-13-36-17)34-24(35)15-27(3,30-26(34)29)22-11-7-10-21(25(22)28)23-16-33(32-31-23)18(2)19-8-5-4-6-9-19/h4-11,16-17,20H,2,12-15H2,1,3H3,(H2,29,30)/t17-,20-,27-/m0/s1. The van der Waals surface area contributed by atoms with Gasteiger partial charge < -0.3 is 10.5 Å². The molecule has 0 aliphatic carbocycles. The molecule has 3 heterocycles. The van der Waals surface area contributed by atoms with Gasteiger partial charge in [0.1, 0.15) is 5.69 Å². The van der Waals surface area contributed by atoms with Gasteiger partial charge in [-0.3, -0.25) is 9.69 Å². The number of guanidine groups is 1. The first-order chi connectivity index (χ1) is 17.3. The van der Waals surface area contributed by atoms with E-state index in [4.69, 9.17) is 27.1 Å². The molecular formula is C27H29ClN6O2. The molecule has 3 atom stereocenters. The number of aromatic nitrogens is 3. The first kappa shape index (κ1) is 24.2. The summed E-state index contributed by atoms with van der Waals surface area (Å²) < 4.78 is 7.27.